The fourth-order valence-corrected chi connectivity index (χ4v) is 2.95. The number of hydrogen-bond donors (Lipinski definition) is 2. The standard InChI is InChI=1S/C18H22N2O7/c1-11-16(23)19(7-12-3-5-13(25-2)6-4-12)18(24)20-15(10-26-17(11)20)27-14(8-21)9-22/h3-6,14-15,21-22H,7-10H2,1-2H3/t15-/m0/s1. The molecular formula is C18H22N2O7. The summed E-state index contributed by atoms with van der Waals surface area (Å²) in [5.41, 5.74) is 0.0332. The first-order valence-corrected chi connectivity index (χ1v) is 8.49. The minimum Gasteiger partial charge on any atom is -0.497 e. The third kappa shape index (κ3) is 3.61. The van der Waals surface area contributed by atoms with Crippen LogP contribution in [0.3, 0.4) is 0 Å². The zero-order valence-corrected chi connectivity index (χ0v) is 15.1. The molecule has 1 atom stereocenters. The predicted molar refractivity (Wildman–Crippen MR) is 95.4 cm³/mol. The van der Waals surface area contributed by atoms with Crippen LogP contribution in [0.5, 0.6) is 11.6 Å². The molecule has 1 aromatic carbocycles. The number of fused-ring (bicyclic) bond motifs is 1. The van der Waals surface area contributed by atoms with E-state index in [1.54, 1.807) is 38.3 Å². The number of ether oxygens (including phenoxy) is 3. The molecule has 0 fully saturated rings. The summed E-state index contributed by atoms with van der Waals surface area (Å²) in [5.74, 6) is 0.824. The van der Waals surface area contributed by atoms with E-state index in [9.17, 15) is 19.8 Å². The summed E-state index contributed by atoms with van der Waals surface area (Å²) in [6, 6.07) is 7.05. The third-order valence-electron chi connectivity index (χ3n) is 4.45. The lowest BCUT2D eigenvalue weighted by Gasteiger charge is -2.19. The van der Waals surface area contributed by atoms with Gasteiger partial charge in [0.25, 0.3) is 5.56 Å². The van der Waals surface area contributed by atoms with Gasteiger partial charge in [0.1, 0.15) is 18.5 Å². The Bertz CT molecular complexity index is 913. The molecule has 1 aliphatic heterocycles. The zero-order valence-electron chi connectivity index (χ0n) is 15.1. The maximum atomic E-state index is 12.9. The van der Waals surface area contributed by atoms with Crippen LogP contribution in [0, 0.1) is 6.92 Å². The molecule has 9 nitrogen and oxygen atoms in total. The molecule has 2 aromatic rings. The van der Waals surface area contributed by atoms with E-state index < -0.39 is 36.8 Å². The van der Waals surface area contributed by atoms with Crippen molar-refractivity contribution >= 4 is 0 Å². The number of nitrogens with zero attached hydrogens (tertiary/aromatic N) is 2. The van der Waals surface area contributed by atoms with E-state index in [0.29, 0.717) is 11.3 Å². The molecule has 0 radical (unpaired) electrons. The van der Waals surface area contributed by atoms with Crippen LogP contribution >= 0.6 is 0 Å². The summed E-state index contributed by atoms with van der Waals surface area (Å²) >= 11 is 0. The molecule has 1 aliphatic rings. The summed E-state index contributed by atoms with van der Waals surface area (Å²) < 4.78 is 18.5. The Morgan fingerprint density at radius 1 is 1.22 bits per heavy atom. The fourth-order valence-electron chi connectivity index (χ4n) is 2.95. The lowest BCUT2D eigenvalue weighted by molar-refractivity contribution is -0.0936. The highest BCUT2D eigenvalue weighted by Gasteiger charge is 2.32. The number of hydrogen-bond acceptors (Lipinski definition) is 7. The number of methoxy groups -OCH3 is 1. The molecule has 0 amide bonds. The largest absolute Gasteiger partial charge is 0.497 e. The molecule has 0 unspecified atom stereocenters. The van der Waals surface area contributed by atoms with E-state index in [0.717, 1.165) is 10.1 Å². The molecule has 1 aromatic heterocycles. The molecule has 0 bridgehead atoms. The van der Waals surface area contributed by atoms with Crippen LogP contribution in [0.2, 0.25) is 0 Å². The predicted octanol–water partition coefficient (Wildman–Crippen LogP) is -0.364. The highest BCUT2D eigenvalue weighted by atomic mass is 16.6. The fraction of sp³-hybridized carbons (Fsp3) is 0.444. The number of aliphatic hydroxyl groups excluding tert-OH is 2. The number of benzene rings is 1. The van der Waals surface area contributed by atoms with Gasteiger partial charge in [0.15, 0.2) is 6.23 Å². The van der Waals surface area contributed by atoms with E-state index in [4.69, 9.17) is 14.2 Å². The summed E-state index contributed by atoms with van der Waals surface area (Å²) in [4.78, 5) is 25.6. The van der Waals surface area contributed by atoms with Gasteiger partial charge in [0, 0.05) is 0 Å². The van der Waals surface area contributed by atoms with Crippen LogP contribution < -0.4 is 20.7 Å². The minimum absolute atomic E-state index is 0.0125. The molecule has 146 valence electrons. The summed E-state index contributed by atoms with van der Waals surface area (Å²) in [6.45, 7) is 0.872. The molecule has 3 rings (SSSR count). The maximum absolute atomic E-state index is 12.9. The van der Waals surface area contributed by atoms with Crippen LogP contribution in [0.15, 0.2) is 33.9 Å². The summed E-state index contributed by atoms with van der Waals surface area (Å²) in [6.07, 6.45) is -1.68. The lowest BCUT2D eigenvalue weighted by Crippen LogP contribution is -2.42. The van der Waals surface area contributed by atoms with Gasteiger partial charge in [-0.25, -0.2) is 9.36 Å². The van der Waals surface area contributed by atoms with Gasteiger partial charge in [-0.05, 0) is 24.6 Å². The van der Waals surface area contributed by atoms with Crippen LogP contribution in [0.1, 0.15) is 17.4 Å². The molecule has 0 saturated heterocycles. The van der Waals surface area contributed by atoms with E-state index in [2.05, 4.69) is 0 Å². The van der Waals surface area contributed by atoms with Crippen molar-refractivity contribution in [3.05, 3.63) is 56.2 Å². The highest BCUT2D eigenvalue weighted by molar-refractivity contribution is 5.29. The second-order valence-electron chi connectivity index (χ2n) is 6.21. The lowest BCUT2D eigenvalue weighted by atomic mass is 10.2. The highest BCUT2D eigenvalue weighted by Crippen LogP contribution is 2.27. The maximum Gasteiger partial charge on any atom is 0.336 e. The van der Waals surface area contributed by atoms with Gasteiger partial charge in [-0.3, -0.25) is 9.36 Å². The van der Waals surface area contributed by atoms with Gasteiger partial charge in [-0.15, -0.1) is 0 Å². The quantitative estimate of drug-likeness (QED) is 0.676. The Kier molecular flexibility index (Phi) is 5.64. The molecule has 0 aliphatic carbocycles. The normalized spacial score (nSPS) is 15.7. The number of aliphatic hydroxyl groups is 2. The monoisotopic (exact) mass is 378 g/mol. The van der Waals surface area contributed by atoms with Crippen molar-refractivity contribution in [2.75, 3.05) is 26.9 Å². The van der Waals surface area contributed by atoms with Crippen molar-refractivity contribution in [1.82, 2.24) is 9.13 Å². The third-order valence-corrected chi connectivity index (χ3v) is 4.45. The van der Waals surface area contributed by atoms with Crippen molar-refractivity contribution in [1.29, 1.82) is 0 Å². The Morgan fingerprint density at radius 3 is 2.48 bits per heavy atom. The van der Waals surface area contributed by atoms with Gasteiger partial charge in [0.05, 0.1) is 32.4 Å². The second kappa shape index (κ2) is 7.95. The Labute approximate surface area is 155 Å². The van der Waals surface area contributed by atoms with E-state index >= 15 is 0 Å². The SMILES string of the molecule is COc1ccc(Cn2c(=O)c(C)c3n(c2=O)[C@@H](OC(CO)CO)CO3)cc1. The van der Waals surface area contributed by atoms with Crippen molar-refractivity contribution in [3.8, 4) is 11.6 Å². The van der Waals surface area contributed by atoms with Crippen molar-refractivity contribution in [3.63, 3.8) is 0 Å². The molecule has 0 saturated carbocycles. The number of aromatic nitrogens is 2. The van der Waals surface area contributed by atoms with E-state index in [1.165, 1.54) is 4.57 Å². The Morgan fingerprint density at radius 2 is 1.89 bits per heavy atom. The first kappa shape index (κ1) is 19.2. The van der Waals surface area contributed by atoms with E-state index in [-0.39, 0.29) is 19.0 Å². The van der Waals surface area contributed by atoms with Crippen molar-refractivity contribution in [2.45, 2.75) is 25.8 Å². The van der Waals surface area contributed by atoms with Gasteiger partial charge < -0.3 is 24.4 Å². The van der Waals surface area contributed by atoms with Crippen molar-refractivity contribution in [2.24, 2.45) is 0 Å². The van der Waals surface area contributed by atoms with Crippen LogP contribution in [0.25, 0.3) is 0 Å². The number of rotatable bonds is 7. The van der Waals surface area contributed by atoms with Crippen LogP contribution in [-0.4, -0.2) is 52.4 Å². The molecule has 2 N–H and O–H groups in total. The molecule has 0 spiro atoms. The van der Waals surface area contributed by atoms with Crippen LogP contribution in [0.4, 0.5) is 0 Å². The molecule has 2 heterocycles. The van der Waals surface area contributed by atoms with Crippen LogP contribution in [-0.2, 0) is 11.3 Å². The van der Waals surface area contributed by atoms with Crippen molar-refractivity contribution < 1.29 is 24.4 Å². The van der Waals surface area contributed by atoms with Gasteiger partial charge >= 0.3 is 5.69 Å². The Balaban J connectivity index is 2.00. The second-order valence-corrected chi connectivity index (χ2v) is 6.21. The zero-order chi connectivity index (χ0) is 19.6. The topological polar surface area (TPSA) is 112 Å². The average molecular weight is 378 g/mol. The molecular weight excluding hydrogens is 356 g/mol. The summed E-state index contributed by atoms with van der Waals surface area (Å²) in [7, 11) is 1.56. The molecule has 9 heteroatoms. The van der Waals surface area contributed by atoms with Gasteiger partial charge in [-0.2, -0.15) is 0 Å². The minimum atomic E-state index is -0.848. The van der Waals surface area contributed by atoms with Gasteiger partial charge in [-0.1, -0.05) is 12.1 Å². The smallest absolute Gasteiger partial charge is 0.336 e. The Hall–Kier alpha value is -2.62. The summed E-state index contributed by atoms with van der Waals surface area (Å²) in [5, 5.41) is 18.4. The first-order chi connectivity index (χ1) is 13.0. The first-order valence-electron chi connectivity index (χ1n) is 8.49. The van der Waals surface area contributed by atoms with E-state index in [1.807, 2.05) is 0 Å². The average Bonchev–Trinajstić information content (AvgIpc) is 3.12. The van der Waals surface area contributed by atoms with Gasteiger partial charge in [0.2, 0.25) is 5.88 Å². The molecule has 27 heavy (non-hydrogen) atoms.